The first kappa shape index (κ1) is 44.2. The van der Waals surface area contributed by atoms with Gasteiger partial charge in [0.1, 0.15) is 0 Å². The molecule has 0 fully saturated rings. The van der Waals surface area contributed by atoms with Crippen molar-refractivity contribution < 1.29 is 46.0 Å². The first-order valence-electron chi connectivity index (χ1n) is 17.3. The maximum Gasteiger partial charge on any atom is -0.0512 e. The van der Waals surface area contributed by atoms with E-state index in [1.807, 2.05) is 0 Å². The van der Waals surface area contributed by atoms with Gasteiger partial charge in [-0.2, -0.15) is 93.0 Å². The summed E-state index contributed by atoms with van der Waals surface area (Å²) in [5, 5.41) is 0. The molecule has 0 saturated heterocycles. The van der Waals surface area contributed by atoms with Crippen molar-refractivity contribution in [1.29, 1.82) is 0 Å². The second-order valence-corrected chi connectivity index (χ2v) is 38.7. The van der Waals surface area contributed by atoms with Crippen LogP contribution in [0.4, 0.5) is 0 Å². The van der Waals surface area contributed by atoms with E-state index in [-0.39, 0.29) is 35.8 Å². The zero-order valence-corrected chi connectivity index (χ0v) is 39.9. The van der Waals surface area contributed by atoms with Gasteiger partial charge < -0.3 is 0 Å². The largest absolute Gasteiger partial charge is 0.210 e. The van der Waals surface area contributed by atoms with E-state index < -0.39 is 0 Å². The average Bonchev–Trinajstić information content (AvgIpc) is 3.84. The van der Waals surface area contributed by atoms with E-state index in [0.717, 1.165) is 0 Å². The van der Waals surface area contributed by atoms with Gasteiger partial charge in [0.25, 0.3) is 0 Å². The van der Waals surface area contributed by atoms with E-state index >= 15 is 0 Å². The molecule has 6 heteroatoms. The van der Waals surface area contributed by atoms with Crippen LogP contribution in [0.2, 0.25) is 26.2 Å². The van der Waals surface area contributed by atoms with Crippen molar-refractivity contribution in [2.45, 2.75) is 129 Å². The van der Waals surface area contributed by atoms with Gasteiger partial charge in [-0.05, 0) is 0 Å². The second-order valence-electron chi connectivity index (χ2n) is 13.1. The first-order chi connectivity index (χ1) is 21.3. The number of halogens is 2. The van der Waals surface area contributed by atoms with E-state index in [2.05, 4.69) is 99.0 Å². The summed E-state index contributed by atoms with van der Waals surface area (Å²) in [6.07, 6.45) is 21.8. The van der Waals surface area contributed by atoms with E-state index in [1.165, 1.54) is 149 Å². The summed E-state index contributed by atoms with van der Waals surface area (Å²) < 4.78 is 0. The van der Waals surface area contributed by atoms with E-state index in [0.29, 0.717) is 0 Å². The van der Waals surface area contributed by atoms with Crippen molar-refractivity contribution in [2.75, 3.05) is 0 Å². The van der Waals surface area contributed by atoms with Gasteiger partial charge in [-0.3, -0.25) is 0 Å². The molecule has 0 atom stereocenters. The van der Waals surface area contributed by atoms with Crippen LogP contribution in [0.3, 0.4) is 0 Å². The summed E-state index contributed by atoms with van der Waals surface area (Å²) >= 11 is 2.90. The fourth-order valence-electron chi connectivity index (χ4n) is 6.45. The zero-order chi connectivity index (χ0) is 31.6. The third-order valence-corrected chi connectivity index (χ3v) is 8.60. The molecule has 0 aliphatic heterocycles. The molecule has 4 aromatic rings. The summed E-state index contributed by atoms with van der Waals surface area (Å²) in [6.45, 7) is 9.32. The van der Waals surface area contributed by atoms with Crippen LogP contribution in [0.15, 0.2) is 72.8 Å². The molecule has 0 aromatic heterocycles. The van der Waals surface area contributed by atoms with Crippen LogP contribution < -0.4 is 0 Å². The van der Waals surface area contributed by atoms with Crippen molar-refractivity contribution in [3.63, 3.8) is 0 Å². The molecule has 4 aliphatic rings. The molecule has 0 nitrogen and oxygen atoms in total. The molecule has 0 bridgehead atoms. The molecular formula is C40H58Cl2Hf2Si2. The zero-order valence-electron chi connectivity index (χ0n) is 29.1. The molecule has 0 spiro atoms. The fraction of sp³-hybridized carbons (Fsp3) is 0.500. The Morgan fingerprint density at radius 3 is 0.739 bits per heavy atom. The summed E-state index contributed by atoms with van der Waals surface area (Å²) in [5.74, 6) is 0. The Morgan fingerprint density at radius 1 is 0.391 bits per heavy atom. The molecule has 4 aromatic carbocycles. The second kappa shape index (κ2) is 26.0. The number of rotatable bonds is 0. The first-order valence-corrected chi connectivity index (χ1v) is 33.1. The van der Waals surface area contributed by atoms with Gasteiger partial charge in [-0.25, -0.2) is 24.3 Å². The molecule has 46 heavy (non-hydrogen) atoms. The van der Waals surface area contributed by atoms with Gasteiger partial charge in [0, 0.05) is 0 Å². The molecule has 0 amide bonds. The minimum atomic E-state index is 0. The molecule has 0 saturated carbocycles. The molecule has 0 N–H and O–H groups in total. The van der Waals surface area contributed by atoms with Crippen LogP contribution >= 0.6 is 24.8 Å². The minimum Gasteiger partial charge on any atom is -0.210 e. The third kappa shape index (κ3) is 17.7. The van der Waals surface area contributed by atoms with Crippen LogP contribution in [0.25, 0.3) is 0 Å². The van der Waals surface area contributed by atoms with Crippen molar-refractivity contribution in [1.82, 2.24) is 0 Å². The average molecular weight is 1020 g/mol. The normalized spacial score (nSPS) is 14.8. The third-order valence-electron chi connectivity index (χ3n) is 8.60. The van der Waals surface area contributed by atoms with Gasteiger partial charge in [-0.15, -0.1) is 24.8 Å². The predicted molar refractivity (Wildman–Crippen MR) is 204 cm³/mol. The van der Waals surface area contributed by atoms with Gasteiger partial charge >= 0.3 is 83.2 Å². The number of hydrogen-bond donors (Lipinski definition) is 0. The maximum absolute atomic E-state index is 2.33. The summed E-state index contributed by atoms with van der Waals surface area (Å²) in [6, 6.07) is 26.8. The topological polar surface area (TPSA) is 0 Å². The fourth-order valence-corrected chi connectivity index (χ4v) is 6.45. The van der Waals surface area contributed by atoms with Crippen LogP contribution in [0, 0.1) is 0 Å². The Morgan fingerprint density at radius 2 is 0.565 bits per heavy atom. The molecule has 0 unspecified atom stereocenters. The van der Waals surface area contributed by atoms with Crippen LogP contribution in [0.5, 0.6) is 0 Å². The summed E-state index contributed by atoms with van der Waals surface area (Å²) in [7, 11) is 0. The van der Waals surface area contributed by atoms with Crippen molar-refractivity contribution in [2.24, 2.45) is 0 Å². The van der Waals surface area contributed by atoms with E-state index in [1.54, 1.807) is 44.5 Å². The molecule has 4 aliphatic carbocycles. The monoisotopic (exact) mass is 1020 g/mol. The van der Waals surface area contributed by atoms with Crippen LogP contribution in [-0.4, -0.2) is 11.0 Å². The Hall–Kier alpha value is 0.154. The quantitative estimate of drug-likeness (QED) is 0.122. The Labute approximate surface area is 324 Å². The van der Waals surface area contributed by atoms with Crippen molar-refractivity contribution in [3.05, 3.63) is 117 Å². The Kier molecular flexibility index (Phi) is 25.0. The number of fused-ring (bicyclic) bond motifs is 4. The smallest absolute Gasteiger partial charge is 0.0512 e. The number of hydrogen-bond acceptors (Lipinski definition) is 0. The molecule has 0 heterocycles. The van der Waals surface area contributed by atoms with Gasteiger partial charge in [0.2, 0.25) is 0 Å². The standard InChI is InChI=1S/4C9H11.2C2H6Si.2ClH.2Hf/c4*1-2-5-9-7-3-6-8(9)4-1;2*1-3-2;;;;/h4*3,6-7H,1-2,4-5H2;2*1-2H3;2*1H;;/q4*-1;;;;;2*+2. The van der Waals surface area contributed by atoms with Gasteiger partial charge in [-0.1, -0.05) is 103 Å². The minimum absolute atomic E-state index is 0. The SMILES string of the molecule is C[Si](C)=[Hf+2].C[Si](C)=[Hf+2].Cl.Cl.c1cc2c([cH-]1)CCCC2.c1cc2c([cH-]1)CCCC2.c1cc2c([cH-]1)CCCC2.c1cc2c([cH-]1)CCCC2. The van der Waals surface area contributed by atoms with Crippen LogP contribution in [0.1, 0.15) is 95.9 Å². The maximum atomic E-state index is 2.33. The van der Waals surface area contributed by atoms with Gasteiger partial charge in [0.05, 0.1) is 0 Å². The molecule has 0 radical (unpaired) electrons. The Bertz CT molecular complexity index is 1090. The van der Waals surface area contributed by atoms with E-state index in [4.69, 9.17) is 0 Å². The van der Waals surface area contributed by atoms with Gasteiger partial charge in [0.15, 0.2) is 0 Å². The molecular weight excluding hydrogens is 964 g/mol. The number of aryl methyl sites for hydroxylation is 8. The van der Waals surface area contributed by atoms with Crippen molar-refractivity contribution in [3.8, 4) is 0 Å². The Balaban J connectivity index is 0.000000282. The van der Waals surface area contributed by atoms with Crippen LogP contribution in [-0.2, 0) is 97.4 Å². The predicted octanol–water partition coefficient (Wildman–Crippen LogP) is 11.5. The van der Waals surface area contributed by atoms with E-state index in [9.17, 15) is 0 Å². The molecule has 8 rings (SSSR count). The summed E-state index contributed by atoms with van der Waals surface area (Å²) in [4.78, 5) is 0. The molecule has 248 valence electrons. The summed E-state index contributed by atoms with van der Waals surface area (Å²) in [5.41, 5.74) is 13.3. The van der Waals surface area contributed by atoms with Crippen molar-refractivity contribution >= 4 is 35.8 Å².